The van der Waals surface area contributed by atoms with Gasteiger partial charge in [-0.05, 0) is 6.07 Å². The van der Waals surface area contributed by atoms with Gasteiger partial charge in [0.15, 0.2) is 5.78 Å². The number of aromatic nitrogens is 1. The minimum Gasteiger partial charge on any atom is -0.394 e. The molecule has 0 unspecified atom stereocenters. The number of benzene rings is 2. The predicted octanol–water partition coefficient (Wildman–Crippen LogP) is 1.57. The van der Waals surface area contributed by atoms with Crippen LogP contribution in [0.4, 0.5) is 0 Å². The van der Waals surface area contributed by atoms with Gasteiger partial charge in [0.05, 0.1) is 30.5 Å². The Balaban J connectivity index is 2.15. The highest BCUT2D eigenvalue weighted by molar-refractivity contribution is 6.26. The number of aliphatic hydroxyl groups excluding tert-OH is 2. The number of aliphatic hydroxyl groups is 2. The van der Waals surface area contributed by atoms with Crippen LogP contribution in [0, 0.1) is 0 Å². The Morgan fingerprint density at radius 1 is 0.917 bits per heavy atom. The van der Waals surface area contributed by atoms with E-state index in [1.165, 1.54) is 4.57 Å². The van der Waals surface area contributed by atoms with Crippen LogP contribution >= 0.6 is 0 Å². The lowest BCUT2D eigenvalue weighted by atomic mass is 10.0. The number of fused-ring (bicyclic) bond motifs is 5. The third-order valence-corrected chi connectivity index (χ3v) is 4.44. The highest BCUT2D eigenvalue weighted by atomic mass is 16.3. The Morgan fingerprint density at radius 3 is 2.25 bits per heavy atom. The topological polar surface area (TPSA) is 79.5 Å². The molecule has 1 aliphatic rings. The first-order valence-corrected chi connectivity index (χ1v) is 7.72. The molecule has 5 nitrogen and oxygen atoms in total. The maximum Gasteiger partial charge on any atom is 0.259 e. The number of carbonyl (C=O) groups is 1. The van der Waals surface area contributed by atoms with E-state index in [2.05, 4.69) is 0 Å². The SMILES string of the molecule is O=C1c2ccccc2-c2c1c1ccccc1c(=O)n2C[C@H](O)CO. The van der Waals surface area contributed by atoms with E-state index >= 15 is 0 Å². The molecule has 0 fully saturated rings. The lowest BCUT2D eigenvalue weighted by Gasteiger charge is -2.17. The number of carbonyl (C=O) groups excluding carboxylic acids is 1. The lowest BCUT2D eigenvalue weighted by Crippen LogP contribution is -2.30. The summed E-state index contributed by atoms with van der Waals surface area (Å²) in [7, 11) is 0. The Hall–Kier alpha value is -2.76. The average molecular weight is 321 g/mol. The molecule has 2 aromatic carbocycles. The molecule has 5 heteroatoms. The second-order valence-electron chi connectivity index (χ2n) is 5.90. The van der Waals surface area contributed by atoms with E-state index in [4.69, 9.17) is 5.11 Å². The zero-order valence-corrected chi connectivity index (χ0v) is 12.8. The fourth-order valence-electron chi connectivity index (χ4n) is 3.37. The first-order chi connectivity index (χ1) is 11.6. The van der Waals surface area contributed by atoms with Crippen LogP contribution in [0.5, 0.6) is 0 Å². The molecule has 4 rings (SSSR count). The third-order valence-electron chi connectivity index (χ3n) is 4.44. The van der Waals surface area contributed by atoms with Gasteiger partial charge in [-0.25, -0.2) is 0 Å². The molecule has 2 N–H and O–H groups in total. The van der Waals surface area contributed by atoms with E-state index in [9.17, 15) is 14.7 Å². The summed E-state index contributed by atoms with van der Waals surface area (Å²) >= 11 is 0. The van der Waals surface area contributed by atoms with E-state index in [0.29, 0.717) is 33.2 Å². The second-order valence-corrected chi connectivity index (χ2v) is 5.90. The van der Waals surface area contributed by atoms with Crippen LogP contribution in [0.2, 0.25) is 0 Å². The summed E-state index contributed by atoms with van der Waals surface area (Å²) in [6.07, 6.45) is -1.07. The Kier molecular flexibility index (Phi) is 3.33. The average Bonchev–Trinajstić information content (AvgIpc) is 2.92. The van der Waals surface area contributed by atoms with Crippen LogP contribution in [0.15, 0.2) is 53.3 Å². The van der Waals surface area contributed by atoms with E-state index in [-0.39, 0.29) is 17.9 Å². The molecule has 0 spiro atoms. The van der Waals surface area contributed by atoms with Crippen LogP contribution < -0.4 is 5.56 Å². The fourth-order valence-corrected chi connectivity index (χ4v) is 3.37. The van der Waals surface area contributed by atoms with Crippen molar-refractivity contribution < 1.29 is 15.0 Å². The van der Waals surface area contributed by atoms with Crippen LogP contribution in [0.1, 0.15) is 15.9 Å². The van der Waals surface area contributed by atoms with Crippen molar-refractivity contribution in [2.45, 2.75) is 12.6 Å². The van der Waals surface area contributed by atoms with Crippen LogP contribution in [-0.2, 0) is 6.54 Å². The first kappa shape index (κ1) is 14.8. The molecule has 0 bridgehead atoms. The normalized spacial score (nSPS) is 13.8. The van der Waals surface area contributed by atoms with Crippen molar-refractivity contribution in [3.8, 4) is 11.3 Å². The highest BCUT2D eigenvalue weighted by Crippen LogP contribution is 2.39. The molecule has 0 aliphatic heterocycles. The summed E-state index contributed by atoms with van der Waals surface area (Å²) in [6.45, 7) is -0.520. The zero-order chi connectivity index (χ0) is 16.8. The molecule has 0 saturated carbocycles. The van der Waals surface area contributed by atoms with Crippen molar-refractivity contribution in [3.63, 3.8) is 0 Å². The smallest absolute Gasteiger partial charge is 0.259 e. The van der Waals surface area contributed by atoms with Gasteiger partial charge in [-0.2, -0.15) is 0 Å². The second kappa shape index (κ2) is 5.40. The molecule has 1 aliphatic carbocycles. The van der Waals surface area contributed by atoms with Crippen LogP contribution in [0.3, 0.4) is 0 Å². The minimum atomic E-state index is -1.07. The van der Waals surface area contributed by atoms with Gasteiger partial charge >= 0.3 is 0 Å². The summed E-state index contributed by atoms with van der Waals surface area (Å²) in [4.78, 5) is 25.8. The summed E-state index contributed by atoms with van der Waals surface area (Å²) in [5, 5.41) is 20.1. The summed E-state index contributed by atoms with van der Waals surface area (Å²) < 4.78 is 1.41. The van der Waals surface area contributed by atoms with Crippen molar-refractivity contribution in [1.29, 1.82) is 0 Å². The molecule has 120 valence electrons. The van der Waals surface area contributed by atoms with Gasteiger partial charge in [-0.1, -0.05) is 42.5 Å². The van der Waals surface area contributed by atoms with Crippen molar-refractivity contribution in [3.05, 3.63) is 70.0 Å². The number of hydrogen-bond acceptors (Lipinski definition) is 4. The standard InChI is InChI=1S/C19H15NO4/c21-10-11(22)9-20-17-13-6-2-3-7-14(13)18(23)16(17)12-5-1-4-8-15(12)19(20)24/h1-8,11,21-22H,9-10H2/t11-/m0/s1. The van der Waals surface area contributed by atoms with E-state index < -0.39 is 12.7 Å². The molecule has 0 saturated heterocycles. The van der Waals surface area contributed by atoms with Gasteiger partial charge in [0.2, 0.25) is 0 Å². The van der Waals surface area contributed by atoms with Gasteiger partial charge in [-0.15, -0.1) is 0 Å². The van der Waals surface area contributed by atoms with Gasteiger partial charge < -0.3 is 14.8 Å². The maximum atomic E-state index is 12.9. The summed E-state index contributed by atoms with van der Waals surface area (Å²) in [6, 6.07) is 14.1. The number of ketones is 1. The fraction of sp³-hybridized carbons (Fsp3) is 0.158. The van der Waals surface area contributed by atoms with E-state index in [1.54, 1.807) is 42.5 Å². The molecule has 1 heterocycles. The molecule has 3 aromatic rings. The Labute approximate surface area is 137 Å². The molecule has 0 radical (unpaired) electrons. The molecular formula is C19H15NO4. The monoisotopic (exact) mass is 321 g/mol. The van der Waals surface area contributed by atoms with Gasteiger partial charge in [-0.3, -0.25) is 9.59 Å². The summed E-state index contributed by atoms with van der Waals surface area (Å²) in [5.74, 6) is -0.121. The number of pyridine rings is 1. The first-order valence-electron chi connectivity index (χ1n) is 7.72. The highest BCUT2D eigenvalue weighted by Gasteiger charge is 2.32. The van der Waals surface area contributed by atoms with Crippen LogP contribution in [-0.4, -0.2) is 33.3 Å². The van der Waals surface area contributed by atoms with Gasteiger partial charge in [0, 0.05) is 21.9 Å². The lowest BCUT2D eigenvalue weighted by molar-refractivity contribution is 0.0808. The van der Waals surface area contributed by atoms with Crippen molar-refractivity contribution in [2.24, 2.45) is 0 Å². The predicted molar refractivity (Wildman–Crippen MR) is 90.2 cm³/mol. The minimum absolute atomic E-state index is 0.0654. The zero-order valence-electron chi connectivity index (χ0n) is 12.8. The van der Waals surface area contributed by atoms with Gasteiger partial charge in [0.1, 0.15) is 0 Å². The Bertz CT molecular complexity index is 1040. The number of hydrogen-bond donors (Lipinski definition) is 2. The van der Waals surface area contributed by atoms with Gasteiger partial charge in [0.25, 0.3) is 5.56 Å². The molecule has 1 atom stereocenters. The molecule has 24 heavy (non-hydrogen) atoms. The largest absolute Gasteiger partial charge is 0.394 e. The summed E-state index contributed by atoms with van der Waals surface area (Å²) in [5.41, 5.74) is 1.96. The number of rotatable bonds is 3. The van der Waals surface area contributed by atoms with Crippen molar-refractivity contribution >= 4 is 16.6 Å². The van der Waals surface area contributed by atoms with Crippen molar-refractivity contribution in [1.82, 2.24) is 4.57 Å². The van der Waals surface area contributed by atoms with E-state index in [1.807, 2.05) is 6.07 Å². The molecular weight excluding hydrogens is 306 g/mol. The molecule has 0 amide bonds. The molecule has 1 aromatic heterocycles. The maximum absolute atomic E-state index is 12.9. The number of nitrogens with zero attached hydrogens (tertiary/aromatic N) is 1. The third kappa shape index (κ3) is 1.95. The van der Waals surface area contributed by atoms with Crippen molar-refractivity contribution in [2.75, 3.05) is 6.61 Å². The Morgan fingerprint density at radius 2 is 1.54 bits per heavy atom. The van der Waals surface area contributed by atoms with Crippen LogP contribution in [0.25, 0.3) is 22.0 Å². The van der Waals surface area contributed by atoms with E-state index in [0.717, 1.165) is 0 Å². The quantitative estimate of drug-likeness (QED) is 0.600.